The molecule has 5 nitrogen and oxygen atoms in total. The van der Waals surface area contributed by atoms with Gasteiger partial charge in [0.15, 0.2) is 0 Å². The molecular formula is C16H25N3O2S. The molecule has 1 saturated carbocycles. The van der Waals surface area contributed by atoms with Gasteiger partial charge in [-0.15, -0.1) is 11.3 Å². The molecule has 2 aliphatic rings. The SMILES string of the molecule is COC(C)(C)C(=O)N[C@H]1CN(Cc2cscn2)C[C@@H]1C1CC1. The largest absolute Gasteiger partial charge is 0.369 e. The Kier molecular flexibility index (Phi) is 4.52. The molecule has 1 aliphatic carbocycles. The fourth-order valence-electron chi connectivity index (χ4n) is 3.18. The van der Waals surface area contributed by atoms with E-state index in [1.807, 2.05) is 19.4 Å². The summed E-state index contributed by atoms with van der Waals surface area (Å²) in [5, 5.41) is 5.33. The summed E-state index contributed by atoms with van der Waals surface area (Å²) in [7, 11) is 1.58. The second-order valence-corrected chi connectivity index (χ2v) is 7.69. The molecule has 0 radical (unpaired) electrons. The van der Waals surface area contributed by atoms with Gasteiger partial charge in [-0.25, -0.2) is 4.98 Å². The van der Waals surface area contributed by atoms with Crippen molar-refractivity contribution in [3.8, 4) is 0 Å². The van der Waals surface area contributed by atoms with Crippen molar-refractivity contribution in [3.05, 3.63) is 16.6 Å². The highest BCUT2D eigenvalue weighted by atomic mass is 32.1. The summed E-state index contributed by atoms with van der Waals surface area (Å²) < 4.78 is 5.30. The van der Waals surface area contributed by atoms with E-state index in [0.29, 0.717) is 5.92 Å². The average molecular weight is 323 g/mol. The van der Waals surface area contributed by atoms with Crippen LogP contribution in [0.15, 0.2) is 10.9 Å². The molecule has 0 spiro atoms. The van der Waals surface area contributed by atoms with Gasteiger partial charge in [0.1, 0.15) is 5.60 Å². The van der Waals surface area contributed by atoms with E-state index < -0.39 is 5.60 Å². The summed E-state index contributed by atoms with van der Waals surface area (Å²) in [6.07, 6.45) is 2.60. The molecular weight excluding hydrogens is 298 g/mol. The highest BCUT2D eigenvalue weighted by Gasteiger charge is 2.44. The molecule has 0 unspecified atom stereocenters. The average Bonchev–Trinajstić information content (AvgIpc) is 3.07. The molecule has 0 bridgehead atoms. The monoisotopic (exact) mass is 323 g/mol. The van der Waals surface area contributed by atoms with Crippen LogP contribution in [0.3, 0.4) is 0 Å². The van der Waals surface area contributed by atoms with Gasteiger partial charge in [0.05, 0.1) is 11.2 Å². The molecule has 1 amide bonds. The minimum atomic E-state index is -0.767. The van der Waals surface area contributed by atoms with Crippen molar-refractivity contribution in [1.29, 1.82) is 0 Å². The molecule has 1 saturated heterocycles. The Hall–Kier alpha value is -0.980. The van der Waals surface area contributed by atoms with E-state index in [1.54, 1.807) is 18.4 Å². The maximum atomic E-state index is 12.4. The summed E-state index contributed by atoms with van der Waals surface area (Å²) in [5.41, 5.74) is 2.24. The molecule has 1 aromatic rings. The fraction of sp³-hybridized carbons (Fsp3) is 0.750. The van der Waals surface area contributed by atoms with Gasteiger partial charge in [-0.1, -0.05) is 0 Å². The van der Waals surface area contributed by atoms with Crippen LogP contribution in [0.2, 0.25) is 0 Å². The Morgan fingerprint density at radius 2 is 2.27 bits per heavy atom. The van der Waals surface area contributed by atoms with Crippen LogP contribution in [0.25, 0.3) is 0 Å². The maximum absolute atomic E-state index is 12.4. The molecule has 2 heterocycles. The first-order valence-corrected chi connectivity index (χ1v) is 8.89. The molecule has 2 atom stereocenters. The number of thiazole rings is 1. The molecule has 2 fully saturated rings. The number of ether oxygens (including phenoxy) is 1. The van der Waals surface area contributed by atoms with Crippen LogP contribution in [0, 0.1) is 11.8 Å². The second kappa shape index (κ2) is 6.26. The maximum Gasteiger partial charge on any atom is 0.251 e. The molecule has 1 aliphatic heterocycles. The first-order valence-electron chi connectivity index (χ1n) is 7.95. The third-order valence-corrected chi connectivity index (χ3v) is 5.55. The summed E-state index contributed by atoms with van der Waals surface area (Å²) in [6.45, 7) is 6.48. The number of nitrogens with zero attached hydrogens (tertiary/aromatic N) is 2. The molecule has 22 heavy (non-hydrogen) atoms. The molecule has 122 valence electrons. The summed E-state index contributed by atoms with van der Waals surface area (Å²) in [6, 6.07) is 0.230. The minimum Gasteiger partial charge on any atom is -0.369 e. The standard InChI is InChI=1S/C16H25N3O2S/c1-16(2,21-3)15(20)18-14-8-19(6-12-9-22-10-17-12)7-13(14)11-4-5-11/h9-11,13-14H,4-8H2,1-3H3,(H,18,20)/t13-,14+/m1/s1. The van der Waals surface area contributed by atoms with Crippen LogP contribution in [0.1, 0.15) is 32.4 Å². The van der Waals surface area contributed by atoms with Gasteiger partial charge in [-0.05, 0) is 38.5 Å². The number of carbonyl (C=O) groups is 1. The second-order valence-electron chi connectivity index (χ2n) is 6.97. The highest BCUT2D eigenvalue weighted by Crippen LogP contribution is 2.41. The van der Waals surface area contributed by atoms with Crippen molar-refractivity contribution < 1.29 is 9.53 Å². The number of hydrogen-bond acceptors (Lipinski definition) is 5. The van der Waals surface area contributed by atoms with E-state index in [9.17, 15) is 4.79 Å². The lowest BCUT2D eigenvalue weighted by Gasteiger charge is -2.26. The number of carbonyl (C=O) groups excluding carboxylic acids is 1. The van der Waals surface area contributed by atoms with Crippen molar-refractivity contribution in [2.75, 3.05) is 20.2 Å². The van der Waals surface area contributed by atoms with Crippen molar-refractivity contribution in [3.63, 3.8) is 0 Å². The Morgan fingerprint density at radius 3 is 2.86 bits per heavy atom. The lowest BCUT2D eigenvalue weighted by Crippen LogP contribution is -2.50. The first-order chi connectivity index (χ1) is 10.5. The Morgan fingerprint density at radius 1 is 1.50 bits per heavy atom. The zero-order chi connectivity index (χ0) is 15.7. The summed E-state index contributed by atoms with van der Waals surface area (Å²) >= 11 is 1.64. The van der Waals surface area contributed by atoms with E-state index in [2.05, 4.69) is 20.6 Å². The van der Waals surface area contributed by atoms with Gasteiger partial charge in [-0.3, -0.25) is 9.69 Å². The van der Waals surface area contributed by atoms with Gasteiger partial charge >= 0.3 is 0 Å². The van der Waals surface area contributed by atoms with Gasteiger partial charge in [0, 0.05) is 38.2 Å². The Labute approximate surface area is 136 Å². The van der Waals surface area contributed by atoms with Crippen molar-refractivity contribution in [2.24, 2.45) is 11.8 Å². The molecule has 1 aromatic heterocycles. The number of rotatable bonds is 6. The lowest BCUT2D eigenvalue weighted by atomic mass is 9.97. The van der Waals surface area contributed by atoms with Crippen LogP contribution in [-0.2, 0) is 16.1 Å². The zero-order valence-electron chi connectivity index (χ0n) is 13.5. The van der Waals surface area contributed by atoms with Crippen molar-refractivity contribution in [2.45, 2.75) is 44.9 Å². The highest BCUT2D eigenvalue weighted by molar-refractivity contribution is 7.07. The van der Waals surface area contributed by atoms with Crippen molar-refractivity contribution in [1.82, 2.24) is 15.2 Å². The predicted molar refractivity (Wildman–Crippen MR) is 86.6 cm³/mol. The van der Waals surface area contributed by atoms with Gasteiger partial charge in [-0.2, -0.15) is 0 Å². The van der Waals surface area contributed by atoms with Gasteiger partial charge < -0.3 is 10.1 Å². The van der Waals surface area contributed by atoms with E-state index >= 15 is 0 Å². The third-order valence-electron chi connectivity index (χ3n) is 4.91. The fourth-order valence-corrected chi connectivity index (χ4v) is 3.73. The van der Waals surface area contributed by atoms with Gasteiger partial charge in [0.25, 0.3) is 5.91 Å². The number of aromatic nitrogens is 1. The predicted octanol–water partition coefficient (Wildman–Crippen LogP) is 1.89. The van der Waals surface area contributed by atoms with Crippen LogP contribution < -0.4 is 5.32 Å². The summed E-state index contributed by atoms with van der Waals surface area (Å²) in [4.78, 5) is 19.2. The normalized spacial score (nSPS) is 26.3. The van der Waals surface area contributed by atoms with E-state index in [-0.39, 0.29) is 11.9 Å². The Bertz CT molecular complexity index is 513. The number of likely N-dealkylation sites (tertiary alicyclic amines) is 1. The van der Waals surface area contributed by atoms with E-state index in [0.717, 1.165) is 31.2 Å². The molecule has 6 heteroatoms. The van der Waals surface area contributed by atoms with E-state index in [4.69, 9.17) is 4.74 Å². The molecule has 1 N–H and O–H groups in total. The molecule has 0 aromatic carbocycles. The third kappa shape index (κ3) is 3.50. The quantitative estimate of drug-likeness (QED) is 0.869. The number of nitrogens with one attached hydrogen (secondary N) is 1. The lowest BCUT2D eigenvalue weighted by molar-refractivity contribution is -0.140. The topological polar surface area (TPSA) is 54.5 Å². The van der Waals surface area contributed by atoms with Crippen LogP contribution in [0.4, 0.5) is 0 Å². The summed E-state index contributed by atoms with van der Waals surface area (Å²) in [5.74, 6) is 1.33. The number of methoxy groups -OCH3 is 1. The van der Waals surface area contributed by atoms with Gasteiger partial charge in [0.2, 0.25) is 0 Å². The van der Waals surface area contributed by atoms with E-state index in [1.165, 1.54) is 12.8 Å². The zero-order valence-corrected chi connectivity index (χ0v) is 14.4. The molecule has 3 rings (SSSR count). The number of hydrogen-bond donors (Lipinski definition) is 1. The number of amides is 1. The first kappa shape index (κ1) is 15.9. The van der Waals surface area contributed by atoms with Crippen LogP contribution >= 0.6 is 11.3 Å². The van der Waals surface area contributed by atoms with Crippen LogP contribution in [-0.4, -0.2) is 47.6 Å². The smallest absolute Gasteiger partial charge is 0.251 e. The van der Waals surface area contributed by atoms with Crippen molar-refractivity contribution >= 4 is 17.2 Å². The van der Waals surface area contributed by atoms with Crippen LogP contribution in [0.5, 0.6) is 0 Å². The Balaban J connectivity index is 1.63. The minimum absolute atomic E-state index is 0.0128.